The van der Waals surface area contributed by atoms with E-state index in [4.69, 9.17) is 12.2 Å². The van der Waals surface area contributed by atoms with Crippen molar-refractivity contribution >= 4 is 28.8 Å². The van der Waals surface area contributed by atoms with E-state index in [-0.39, 0.29) is 11.2 Å². The Bertz CT molecular complexity index is 1330. The first-order valence-electron chi connectivity index (χ1n) is 11.6. The van der Waals surface area contributed by atoms with Gasteiger partial charge in [-0.05, 0) is 59.9 Å². The van der Waals surface area contributed by atoms with E-state index in [1.807, 2.05) is 66.2 Å². The second kappa shape index (κ2) is 10.2. The highest BCUT2D eigenvalue weighted by atomic mass is 32.1. The van der Waals surface area contributed by atoms with E-state index in [0.29, 0.717) is 22.8 Å². The highest BCUT2D eigenvalue weighted by Crippen LogP contribution is 2.23. The number of hydrogen-bond donors (Lipinski definition) is 2. The molecule has 0 aliphatic heterocycles. The van der Waals surface area contributed by atoms with Crippen molar-refractivity contribution < 1.29 is 4.79 Å². The molecule has 3 aromatic carbocycles. The number of ketones is 1. The number of benzene rings is 3. The van der Waals surface area contributed by atoms with Gasteiger partial charge in [0, 0.05) is 41.4 Å². The Morgan fingerprint density at radius 1 is 0.971 bits per heavy atom. The van der Waals surface area contributed by atoms with E-state index >= 15 is 0 Å². The standard InChI is InChI=1S/C29H30N4OS/c1-20-30-16-17-33(20)26-14-8-21(9-15-26)19-31-28(35)32-25-7-5-6-23(18-25)27(34)22-10-12-24(13-11-22)29(2,3)4/h5-18H,19H2,1-4H3,(H2,31,32,35). The zero-order valence-electron chi connectivity index (χ0n) is 20.5. The lowest BCUT2D eigenvalue weighted by Gasteiger charge is -2.19. The molecule has 0 saturated heterocycles. The number of aromatic nitrogens is 2. The number of aryl methyl sites for hydroxylation is 1. The number of carbonyl (C=O) groups excluding carboxylic acids is 1. The van der Waals surface area contributed by atoms with Gasteiger partial charge in [-0.15, -0.1) is 0 Å². The normalized spacial score (nSPS) is 11.2. The fraction of sp³-hybridized carbons (Fsp3) is 0.207. The molecule has 2 N–H and O–H groups in total. The molecule has 1 aromatic heterocycles. The van der Waals surface area contributed by atoms with E-state index < -0.39 is 0 Å². The smallest absolute Gasteiger partial charge is 0.193 e. The van der Waals surface area contributed by atoms with E-state index in [0.717, 1.165) is 22.8 Å². The van der Waals surface area contributed by atoms with Gasteiger partial charge in [-0.25, -0.2) is 4.98 Å². The first-order valence-corrected chi connectivity index (χ1v) is 12.0. The Morgan fingerprint density at radius 3 is 2.31 bits per heavy atom. The van der Waals surface area contributed by atoms with Crippen LogP contribution in [0.15, 0.2) is 85.2 Å². The highest BCUT2D eigenvalue weighted by Gasteiger charge is 2.15. The molecule has 0 saturated carbocycles. The predicted molar refractivity (Wildman–Crippen MR) is 146 cm³/mol. The second-order valence-electron chi connectivity index (χ2n) is 9.56. The fourth-order valence-corrected chi connectivity index (χ4v) is 4.00. The molecular formula is C29H30N4OS. The number of hydrogen-bond acceptors (Lipinski definition) is 3. The van der Waals surface area contributed by atoms with Gasteiger partial charge < -0.3 is 15.2 Å². The Labute approximate surface area is 212 Å². The predicted octanol–water partition coefficient (Wildman–Crippen LogP) is 6.20. The van der Waals surface area contributed by atoms with E-state index in [2.05, 4.69) is 60.7 Å². The van der Waals surface area contributed by atoms with Crippen molar-refractivity contribution in [3.63, 3.8) is 0 Å². The zero-order valence-corrected chi connectivity index (χ0v) is 21.3. The van der Waals surface area contributed by atoms with Crippen LogP contribution >= 0.6 is 12.2 Å². The largest absolute Gasteiger partial charge is 0.358 e. The molecule has 35 heavy (non-hydrogen) atoms. The van der Waals surface area contributed by atoms with E-state index in [1.165, 1.54) is 5.56 Å². The van der Waals surface area contributed by atoms with Gasteiger partial charge in [0.2, 0.25) is 0 Å². The summed E-state index contributed by atoms with van der Waals surface area (Å²) >= 11 is 5.48. The summed E-state index contributed by atoms with van der Waals surface area (Å²) < 4.78 is 2.04. The second-order valence-corrected chi connectivity index (χ2v) is 9.96. The maximum atomic E-state index is 13.0. The molecule has 4 aromatic rings. The first kappa shape index (κ1) is 24.4. The summed E-state index contributed by atoms with van der Waals surface area (Å²) in [5.41, 5.74) is 5.49. The van der Waals surface area contributed by atoms with Crippen molar-refractivity contribution in [1.29, 1.82) is 0 Å². The monoisotopic (exact) mass is 482 g/mol. The molecule has 0 spiro atoms. The van der Waals surface area contributed by atoms with Gasteiger partial charge in [-0.3, -0.25) is 4.79 Å². The lowest BCUT2D eigenvalue weighted by atomic mass is 9.86. The average Bonchev–Trinajstić information content (AvgIpc) is 3.28. The average molecular weight is 483 g/mol. The van der Waals surface area contributed by atoms with E-state index in [1.54, 1.807) is 6.20 Å². The number of nitrogens with one attached hydrogen (secondary N) is 2. The summed E-state index contributed by atoms with van der Waals surface area (Å²) in [5, 5.41) is 6.91. The zero-order chi connectivity index (χ0) is 25.0. The van der Waals surface area contributed by atoms with Crippen LogP contribution in [0.4, 0.5) is 5.69 Å². The number of imidazole rings is 1. The van der Waals surface area contributed by atoms with Crippen LogP contribution in [0.1, 0.15) is 53.6 Å². The van der Waals surface area contributed by atoms with Crippen LogP contribution in [0.3, 0.4) is 0 Å². The fourth-order valence-electron chi connectivity index (χ4n) is 3.81. The molecule has 0 aliphatic rings. The lowest BCUT2D eigenvalue weighted by Crippen LogP contribution is -2.27. The molecule has 178 valence electrons. The van der Waals surface area contributed by atoms with Gasteiger partial charge in [-0.2, -0.15) is 0 Å². The molecule has 5 nitrogen and oxygen atoms in total. The third kappa shape index (κ3) is 6.03. The summed E-state index contributed by atoms with van der Waals surface area (Å²) in [7, 11) is 0. The van der Waals surface area contributed by atoms with Gasteiger partial charge in [0.1, 0.15) is 5.82 Å². The Kier molecular flexibility index (Phi) is 7.12. The first-order chi connectivity index (χ1) is 16.7. The van der Waals surface area contributed by atoms with Crippen molar-refractivity contribution in [2.45, 2.75) is 39.7 Å². The summed E-state index contributed by atoms with van der Waals surface area (Å²) in [6.07, 6.45) is 3.74. The summed E-state index contributed by atoms with van der Waals surface area (Å²) in [5.74, 6) is 0.935. The van der Waals surface area contributed by atoms with Gasteiger partial charge in [0.15, 0.2) is 10.9 Å². The minimum absolute atomic E-state index is 0.0128. The van der Waals surface area contributed by atoms with Crippen LogP contribution < -0.4 is 10.6 Å². The molecule has 0 unspecified atom stereocenters. The molecule has 0 aliphatic carbocycles. The molecule has 0 radical (unpaired) electrons. The SMILES string of the molecule is Cc1nccn1-c1ccc(CNC(=S)Nc2cccc(C(=O)c3ccc(C(C)(C)C)cc3)c2)cc1. The van der Waals surface area contributed by atoms with E-state index in [9.17, 15) is 4.79 Å². The van der Waals surface area contributed by atoms with Crippen LogP contribution in [0.25, 0.3) is 5.69 Å². The van der Waals surface area contributed by atoms with Gasteiger partial charge in [-0.1, -0.05) is 69.3 Å². The maximum Gasteiger partial charge on any atom is 0.193 e. The number of carbonyl (C=O) groups is 1. The third-order valence-corrected chi connectivity index (χ3v) is 6.14. The molecule has 1 heterocycles. The van der Waals surface area contributed by atoms with Crippen LogP contribution in [-0.4, -0.2) is 20.4 Å². The highest BCUT2D eigenvalue weighted by molar-refractivity contribution is 7.80. The molecule has 0 atom stereocenters. The number of nitrogens with zero attached hydrogens (tertiary/aromatic N) is 2. The molecular weight excluding hydrogens is 452 g/mol. The van der Waals surface area contributed by atoms with Crippen LogP contribution in [0.2, 0.25) is 0 Å². The molecule has 0 fully saturated rings. The van der Waals surface area contributed by atoms with Crippen LogP contribution in [0.5, 0.6) is 0 Å². The van der Waals surface area contributed by atoms with Gasteiger partial charge >= 0.3 is 0 Å². The quantitative estimate of drug-likeness (QED) is 0.253. The van der Waals surface area contributed by atoms with Crippen LogP contribution in [0, 0.1) is 6.92 Å². The lowest BCUT2D eigenvalue weighted by molar-refractivity contribution is 0.103. The Balaban J connectivity index is 1.35. The third-order valence-electron chi connectivity index (χ3n) is 5.89. The minimum Gasteiger partial charge on any atom is -0.358 e. The summed E-state index contributed by atoms with van der Waals surface area (Å²) in [6.45, 7) is 9.05. The van der Waals surface area contributed by atoms with Gasteiger partial charge in [0.05, 0.1) is 0 Å². The molecule has 4 rings (SSSR count). The minimum atomic E-state index is -0.0128. The maximum absolute atomic E-state index is 13.0. The van der Waals surface area contributed by atoms with Crippen molar-refractivity contribution in [3.05, 3.63) is 113 Å². The topological polar surface area (TPSA) is 59.0 Å². The summed E-state index contributed by atoms with van der Waals surface area (Å²) in [6, 6.07) is 23.5. The van der Waals surface area contributed by atoms with Crippen LogP contribution in [-0.2, 0) is 12.0 Å². The number of thiocarbonyl (C=S) groups is 1. The summed E-state index contributed by atoms with van der Waals surface area (Å²) in [4.78, 5) is 17.3. The van der Waals surface area contributed by atoms with Crippen molar-refractivity contribution in [3.8, 4) is 5.69 Å². The Morgan fingerprint density at radius 2 is 1.69 bits per heavy atom. The number of anilines is 1. The van der Waals surface area contributed by atoms with Crippen molar-refractivity contribution in [2.75, 3.05) is 5.32 Å². The molecule has 6 heteroatoms. The molecule has 0 bridgehead atoms. The van der Waals surface area contributed by atoms with Crippen molar-refractivity contribution in [1.82, 2.24) is 14.9 Å². The van der Waals surface area contributed by atoms with Gasteiger partial charge in [0.25, 0.3) is 0 Å². The Hall–Kier alpha value is -3.77. The van der Waals surface area contributed by atoms with Crippen molar-refractivity contribution in [2.24, 2.45) is 0 Å². The number of rotatable bonds is 6. The molecule has 0 amide bonds.